The molecular formula is C34H41BrN2O5S. The fraction of sp³-hybridized carbons (Fsp3) is 0.500. The quantitative estimate of drug-likeness (QED) is 0.127. The molecule has 0 aromatic heterocycles. The second-order valence-corrected chi connectivity index (χ2v) is 15.0. The Bertz CT molecular complexity index is 1400. The number of likely N-dealkylation sites (tertiary alicyclic amines) is 1. The van der Waals surface area contributed by atoms with E-state index in [1.165, 1.54) is 0 Å². The third kappa shape index (κ3) is 5.69. The predicted octanol–water partition coefficient (Wildman–Crippen LogP) is 5.74. The molecule has 3 heterocycles. The lowest BCUT2D eigenvalue weighted by atomic mass is 9.71. The largest absolute Gasteiger partial charge is 0.465 e. The number of allylic oxidation sites excluding steroid dienone is 1. The van der Waals surface area contributed by atoms with Gasteiger partial charge in [0.2, 0.25) is 5.91 Å². The van der Waals surface area contributed by atoms with Crippen molar-refractivity contribution >= 4 is 61.9 Å². The van der Waals surface area contributed by atoms with E-state index >= 15 is 0 Å². The van der Waals surface area contributed by atoms with Crippen molar-refractivity contribution in [1.29, 1.82) is 0 Å². The second kappa shape index (κ2) is 13.2. The first-order valence-electron chi connectivity index (χ1n) is 15.1. The van der Waals surface area contributed by atoms with E-state index in [2.05, 4.69) is 29.1 Å². The number of thioether (sulfide) groups is 1. The van der Waals surface area contributed by atoms with Crippen molar-refractivity contribution in [2.45, 2.75) is 66.4 Å². The van der Waals surface area contributed by atoms with Gasteiger partial charge in [0.1, 0.15) is 6.04 Å². The Kier molecular flexibility index (Phi) is 9.73. The summed E-state index contributed by atoms with van der Waals surface area (Å²) in [6.45, 7) is 12.0. The van der Waals surface area contributed by atoms with Gasteiger partial charge < -0.3 is 19.6 Å². The minimum atomic E-state index is -0.860. The van der Waals surface area contributed by atoms with Crippen LogP contribution in [-0.2, 0) is 19.1 Å². The standard InChI is InChI=1S/C34H41BrN2O5S/c1-5-7-10-16-42-33(41)27-28-31(39)37(25(20-38)17-21(3)4)30(34(28)19-26(35)29(27)43-34)32(40)36(15-6-2)24-14-13-22-11-8-9-12-23(22)18-24/h5-6,8-9,11-14,18,21,25-30,38H,1-2,7,10,15-17,19-20H2,3-4H3/t25-,26?,27-,28+,29-,30?,34?/m1/s1. The Morgan fingerprint density at radius 3 is 2.63 bits per heavy atom. The average Bonchev–Trinajstić information content (AvgIpc) is 3.59. The number of alkyl halides is 1. The van der Waals surface area contributed by atoms with E-state index < -0.39 is 28.7 Å². The molecule has 43 heavy (non-hydrogen) atoms. The van der Waals surface area contributed by atoms with Crippen LogP contribution in [0.5, 0.6) is 0 Å². The monoisotopic (exact) mass is 668 g/mol. The molecule has 2 aromatic carbocycles. The molecule has 5 rings (SSSR count). The number of ether oxygens (including phenoxy) is 1. The molecule has 2 aromatic rings. The molecule has 7 atom stereocenters. The van der Waals surface area contributed by atoms with E-state index in [1.807, 2.05) is 56.3 Å². The molecule has 230 valence electrons. The Morgan fingerprint density at radius 1 is 1.21 bits per heavy atom. The number of hydrogen-bond donors (Lipinski definition) is 1. The van der Waals surface area contributed by atoms with Gasteiger partial charge in [-0.05, 0) is 54.5 Å². The van der Waals surface area contributed by atoms with Crippen LogP contribution < -0.4 is 4.90 Å². The van der Waals surface area contributed by atoms with Crippen molar-refractivity contribution in [2.75, 3.05) is 24.7 Å². The number of benzene rings is 2. The number of carbonyl (C=O) groups is 3. The fourth-order valence-electron chi connectivity index (χ4n) is 7.27. The van der Waals surface area contributed by atoms with Crippen LogP contribution in [0.2, 0.25) is 0 Å². The lowest BCUT2D eigenvalue weighted by Gasteiger charge is -2.40. The summed E-state index contributed by atoms with van der Waals surface area (Å²) in [4.78, 5) is 46.3. The molecule has 2 bridgehead atoms. The molecular weight excluding hydrogens is 628 g/mol. The number of amides is 2. The molecule has 3 aliphatic heterocycles. The first kappa shape index (κ1) is 31.8. The molecule has 7 nitrogen and oxygen atoms in total. The number of unbranched alkanes of at least 4 members (excludes halogenated alkanes) is 1. The first-order chi connectivity index (χ1) is 20.7. The lowest BCUT2D eigenvalue weighted by molar-refractivity contribution is -0.154. The molecule has 1 N–H and O–H groups in total. The maximum absolute atomic E-state index is 14.9. The Hall–Kier alpha value is -2.62. The van der Waals surface area contributed by atoms with Gasteiger partial charge in [-0.1, -0.05) is 72.3 Å². The van der Waals surface area contributed by atoms with Crippen LogP contribution in [0.15, 0.2) is 67.8 Å². The molecule has 2 amide bonds. The van der Waals surface area contributed by atoms with Crippen LogP contribution in [-0.4, -0.2) is 74.5 Å². The number of carbonyl (C=O) groups excluding carboxylic acids is 3. The van der Waals surface area contributed by atoms with E-state index in [1.54, 1.807) is 33.7 Å². The maximum Gasteiger partial charge on any atom is 0.310 e. The molecule has 0 aliphatic carbocycles. The summed E-state index contributed by atoms with van der Waals surface area (Å²) >= 11 is 5.40. The number of nitrogens with zero attached hydrogens (tertiary/aromatic N) is 2. The summed E-state index contributed by atoms with van der Waals surface area (Å²) in [5, 5.41) is 12.5. The minimum Gasteiger partial charge on any atom is -0.465 e. The zero-order valence-electron chi connectivity index (χ0n) is 24.9. The van der Waals surface area contributed by atoms with Gasteiger partial charge in [0.05, 0.1) is 35.8 Å². The van der Waals surface area contributed by atoms with Crippen molar-refractivity contribution in [2.24, 2.45) is 17.8 Å². The van der Waals surface area contributed by atoms with Gasteiger partial charge >= 0.3 is 5.97 Å². The van der Waals surface area contributed by atoms with Gasteiger partial charge in [-0.2, -0.15) is 0 Å². The third-order valence-electron chi connectivity index (χ3n) is 9.00. The smallest absolute Gasteiger partial charge is 0.310 e. The van der Waals surface area contributed by atoms with Crippen molar-refractivity contribution in [3.63, 3.8) is 0 Å². The average molecular weight is 670 g/mol. The zero-order valence-corrected chi connectivity index (χ0v) is 27.3. The summed E-state index contributed by atoms with van der Waals surface area (Å²) < 4.78 is 4.88. The van der Waals surface area contributed by atoms with E-state index in [-0.39, 0.29) is 53.5 Å². The maximum atomic E-state index is 14.9. The third-order valence-corrected chi connectivity index (χ3v) is 12.2. The normalized spacial score (nSPS) is 28.3. The molecule has 3 saturated heterocycles. The van der Waals surface area contributed by atoms with Gasteiger partial charge in [0.25, 0.3) is 5.91 Å². The minimum absolute atomic E-state index is 0.0614. The highest BCUT2D eigenvalue weighted by Crippen LogP contribution is 2.68. The second-order valence-electron chi connectivity index (χ2n) is 12.2. The summed E-state index contributed by atoms with van der Waals surface area (Å²) in [6.07, 6.45) is 5.97. The number of esters is 1. The number of aliphatic hydroxyl groups excluding tert-OH is 1. The van der Waals surface area contributed by atoms with Crippen LogP contribution in [0.25, 0.3) is 10.8 Å². The van der Waals surface area contributed by atoms with Crippen LogP contribution in [0.1, 0.15) is 39.5 Å². The summed E-state index contributed by atoms with van der Waals surface area (Å²) in [7, 11) is 0. The molecule has 3 fully saturated rings. The molecule has 0 saturated carbocycles. The van der Waals surface area contributed by atoms with Gasteiger partial charge in [-0.25, -0.2) is 0 Å². The van der Waals surface area contributed by atoms with Gasteiger partial charge in [-0.3, -0.25) is 14.4 Å². The Balaban J connectivity index is 1.58. The van der Waals surface area contributed by atoms with Crippen LogP contribution in [0.4, 0.5) is 5.69 Å². The Labute approximate surface area is 266 Å². The highest BCUT2D eigenvalue weighted by atomic mass is 79.9. The van der Waals surface area contributed by atoms with Crippen molar-refractivity contribution in [3.8, 4) is 0 Å². The van der Waals surface area contributed by atoms with Crippen molar-refractivity contribution in [1.82, 2.24) is 4.90 Å². The molecule has 3 unspecified atom stereocenters. The molecule has 9 heteroatoms. The number of hydrogen-bond acceptors (Lipinski definition) is 6. The Morgan fingerprint density at radius 2 is 1.95 bits per heavy atom. The number of aliphatic hydroxyl groups is 1. The molecule has 3 aliphatic rings. The van der Waals surface area contributed by atoms with Crippen LogP contribution in [0.3, 0.4) is 0 Å². The lowest BCUT2D eigenvalue weighted by Crippen LogP contribution is -2.58. The van der Waals surface area contributed by atoms with Crippen molar-refractivity contribution in [3.05, 3.63) is 67.8 Å². The van der Waals surface area contributed by atoms with Crippen LogP contribution >= 0.6 is 27.7 Å². The number of rotatable bonds is 13. The summed E-state index contributed by atoms with van der Waals surface area (Å²) in [5.74, 6) is -2.05. The van der Waals surface area contributed by atoms with E-state index in [0.717, 1.165) is 17.2 Å². The van der Waals surface area contributed by atoms with Crippen LogP contribution in [0, 0.1) is 17.8 Å². The van der Waals surface area contributed by atoms with E-state index in [0.29, 0.717) is 24.9 Å². The van der Waals surface area contributed by atoms with Gasteiger partial charge in [0, 0.05) is 22.3 Å². The SMILES string of the molecule is C=CCCCOC(=O)[C@H]1[C@@H]2SC3(CC2Br)C(C(=O)N(CC=C)c2ccc4ccccc4c2)N([C@@H](CO)CC(C)C)C(=O)[C@H]13. The zero-order chi connectivity index (χ0) is 30.9. The topological polar surface area (TPSA) is 87.2 Å². The number of fused-ring (bicyclic) bond motifs is 2. The molecule has 1 spiro atoms. The van der Waals surface area contributed by atoms with Gasteiger partial charge in [0.15, 0.2) is 0 Å². The predicted molar refractivity (Wildman–Crippen MR) is 176 cm³/mol. The summed E-state index contributed by atoms with van der Waals surface area (Å²) in [5.41, 5.74) is 0.714. The van der Waals surface area contributed by atoms with Crippen molar-refractivity contribution < 1.29 is 24.2 Å². The number of anilines is 1. The van der Waals surface area contributed by atoms with E-state index in [4.69, 9.17) is 4.74 Å². The first-order valence-corrected chi connectivity index (χ1v) is 16.9. The number of halogens is 1. The highest BCUT2D eigenvalue weighted by Gasteiger charge is 2.76. The van der Waals surface area contributed by atoms with Gasteiger partial charge in [-0.15, -0.1) is 24.9 Å². The van der Waals surface area contributed by atoms with E-state index in [9.17, 15) is 19.5 Å². The highest BCUT2D eigenvalue weighted by molar-refractivity contribution is 9.09. The molecule has 0 radical (unpaired) electrons. The fourth-order valence-corrected chi connectivity index (χ4v) is 10.9. The summed E-state index contributed by atoms with van der Waals surface area (Å²) in [6, 6.07) is 12.5.